The monoisotopic (exact) mass is 443 g/mol. The molecule has 0 aromatic heterocycles. The summed E-state index contributed by atoms with van der Waals surface area (Å²) in [4.78, 5) is 17.5. The van der Waals surface area contributed by atoms with E-state index in [2.05, 4.69) is 41.1 Å². The van der Waals surface area contributed by atoms with Crippen LogP contribution in [-0.2, 0) is 11.3 Å². The number of rotatable bonds is 3. The van der Waals surface area contributed by atoms with Gasteiger partial charge in [0, 0.05) is 38.3 Å². The first kappa shape index (κ1) is 24.4. The molecule has 0 saturated carbocycles. The first-order valence-electron chi connectivity index (χ1n) is 10.5. The Morgan fingerprint density at radius 3 is 2.10 bits per heavy atom. The minimum Gasteiger partial charge on any atom is -0.373 e. The second-order valence-electron chi connectivity index (χ2n) is 8.70. The Morgan fingerprint density at radius 1 is 1.00 bits per heavy atom. The van der Waals surface area contributed by atoms with Gasteiger partial charge in [-0.15, -0.1) is 24.8 Å². The number of carbonyl (C=O) groups excluding carboxylic acids is 1. The van der Waals surface area contributed by atoms with Gasteiger partial charge in [0.25, 0.3) is 5.91 Å². The van der Waals surface area contributed by atoms with Crippen molar-refractivity contribution in [2.24, 2.45) is 11.8 Å². The highest BCUT2D eigenvalue weighted by Gasteiger charge is 2.31. The van der Waals surface area contributed by atoms with Gasteiger partial charge in [-0.05, 0) is 69.3 Å². The third-order valence-electron chi connectivity index (χ3n) is 6.41. The van der Waals surface area contributed by atoms with Gasteiger partial charge in [0.2, 0.25) is 0 Å². The number of halogens is 2. The van der Waals surface area contributed by atoms with Crippen molar-refractivity contribution in [3.8, 4) is 0 Å². The summed E-state index contributed by atoms with van der Waals surface area (Å²) >= 11 is 0. The van der Waals surface area contributed by atoms with Crippen LogP contribution in [0.2, 0.25) is 0 Å². The third-order valence-corrected chi connectivity index (χ3v) is 6.41. The van der Waals surface area contributed by atoms with Gasteiger partial charge in [-0.3, -0.25) is 9.69 Å². The van der Waals surface area contributed by atoms with Crippen molar-refractivity contribution in [2.45, 2.75) is 45.4 Å². The maximum atomic E-state index is 12.9. The van der Waals surface area contributed by atoms with E-state index in [-0.39, 0.29) is 42.9 Å². The molecule has 3 saturated heterocycles. The Hall–Kier alpha value is -0.850. The van der Waals surface area contributed by atoms with Crippen LogP contribution < -0.4 is 5.32 Å². The fourth-order valence-electron chi connectivity index (χ4n) is 5.03. The number of hydrogen-bond acceptors (Lipinski definition) is 4. The minimum absolute atomic E-state index is 0. The molecule has 0 spiro atoms. The molecule has 3 aliphatic heterocycles. The summed E-state index contributed by atoms with van der Waals surface area (Å²) < 4.78 is 5.81. The van der Waals surface area contributed by atoms with Crippen LogP contribution in [0.5, 0.6) is 0 Å². The van der Waals surface area contributed by atoms with E-state index in [4.69, 9.17) is 4.74 Å². The highest BCUT2D eigenvalue weighted by atomic mass is 35.5. The van der Waals surface area contributed by atoms with Crippen LogP contribution in [-0.4, -0.2) is 67.2 Å². The summed E-state index contributed by atoms with van der Waals surface area (Å²) in [5.41, 5.74) is 2.09. The number of ether oxygens (including phenoxy) is 1. The average molecular weight is 444 g/mol. The largest absolute Gasteiger partial charge is 0.373 e. The van der Waals surface area contributed by atoms with Gasteiger partial charge >= 0.3 is 0 Å². The Kier molecular flexibility index (Phi) is 9.23. The van der Waals surface area contributed by atoms with Gasteiger partial charge in [0.1, 0.15) is 0 Å². The number of amides is 1. The lowest BCUT2D eigenvalue weighted by atomic mass is 9.92. The molecule has 1 aromatic rings. The van der Waals surface area contributed by atoms with E-state index in [0.29, 0.717) is 0 Å². The van der Waals surface area contributed by atoms with Gasteiger partial charge in [-0.2, -0.15) is 0 Å². The molecular formula is C22H35Cl2N3O2. The van der Waals surface area contributed by atoms with E-state index >= 15 is 0 Å². The average Bonchev–Trinajstić information content (AvgIpc) is 2.99. The number of fused-ring (bicyclic) bond motifs is 1. The van der Waals surface area contributed by atoms with E-state index in [1.165, 1.54) is 5.56 Å². The molecule has 4 rings (SSSR count). The molecule has 1 amide bonds. The maximum absolute atomic E-state index is 12.9. The SMILES string of the molecule is CC1CN(Cc2ccc(C(=O)N3CC[C@@H]4CNC[C@@H]4CC3)cc2)CC(C)O1.Cl.Cl. The molecule has 5 nitrogen and oxygen atoms in total. The van der Waals surface area contributed by atoms with E-state index in [0.717, 1.165) is 76.1 Å². The molecule has 29 heavy (non-hydrogen) atoms. The molecule has 0 radical (unpaired) electrons. The fourth-order valence-corrected chi connectivity index (χ4v) is 5.03. The molecule has 2 unspecified atom stereocenters. The molecule has 1 N–H and O–H groups in total. The van der Waals surface area contributed by atoms with Crippen molar-refractivity contribution in [1.82, 2.24) is 15.1 Å². The first-order valence-corrected chi connectivity index (χ1v) is 10.5. The van der Waals surface area contributed by atoms with Gasteiger partial charge in [0.05, 0.1) is 12.2 Å². The molecule has 7 heteroatoms. The van der Waals surface area contributed by atoms with Gasteiger partial charge < -0.3 is 15.0 Å². The lowest BCUT2D eigenvalue weighted by Gasteiger charge is -2.35. The number of hydrogen-bond donors (Lipinski definition) is 1. The van der Waals surface area contributed by atoms with Crippen LogP contribution in [0, 0.1) is 11.8 Å². The number of nitrogens with one attached hydrogen (secondary N) is 1. The second kappa shape index (κ2) is 11.0. The van der Waals surface area contributed by atoms with Gasteiger partial charge in [0.15, 0.2) is 0 Å². The zero-order valence-corrected chi connectivity index (χ0v) is 19.1. The summed E-state index contributed by atoms with van der Waals surface area (Å²) in [6.07, 6.45) is 2.84. The number of benzene rings is 1. The first-order chi connectivity index (χ1) is 13.1. The van der Waals surface area contributed by atoms with Crippen molar-refractivity contribution < 1.29 is 9.53 Å². The van der Waals surface area contributed by atoms with Crippen molar-refractivity contribution in [3.63, 3.8) is 0 Å². The van der Waals surface area contributed by atoms with Gasteiger partial charge in [-0.25, -0.2) is 0 Å². The summed E-state index contributed by atoms with van der Waals surface area (Å²) in [5, 5.41) is 3.50. The van der Waals surface area contributed by atoms with Crippen LogP contribution in [0.4, 0.5) is 0 Å². The lowest BCUT2D eigenvalue weighted by molar-refractivity contribution is -0.0704. The topological polar surface area (TPSA) is 44.8 Å². The smallest absolute Gasteiger partial charge is 0.253 e. The Bertz CT molecular complexity index is 634. The summed E-state index contributed by atoms with van der Waals surface area (Å²) in [5.74, 6) is 1.70. The third kappa shape index (κ3) is 6.08. The predicted molar refractivity (Wildman–Crippen MR) is 121 cm³/mol. The molecule has 0 aliphatic carbocycles. The van der Waals surface area contributed by atoms with Crippen molar-refractivity contribution in [1.29, 1.82) is 0 Å². The molecule has 3 heterocycles. The van der Waals surface area contributed by atoms with Crippen LogP contribution in [0.1, 0.15) is 42.6 Å². The van der Waals surface area contributed by atoms with Crippen LogP contribution in [0.15, 0.2) is 24.3 Å². The quantitative estimate of drug-likeness (QED) is 0.778. The summed E-state index contributed by atoms with van der Waals surface area (Å²) in [6, 6.07) is 8.26. The lowest BCUT2D eigenvalue weighted by Crippen LogP contribution is -2.44. The zero-order chi connectivity index (χ0) is 18.8. The van der Waals surface area contributed by atoms with Crippen molar-refractivity contribution >= 4 is 30.7 Å². The highest BCUT2D eigenvalue weighted by Crippen LogP contribution is 2.27. The molecule has 0 bridgehead atoms. The summed E-state index contributed by atoms with van der Waals surface area (Å²) in [7, 11) is 0. The molecule has 3 aliphatic rings. The Labute approximate surface area is 187 Å². The number of nitrogens with zero attached hydrogens (tertiary/aromatic N) is 2. The van der Waals surface area contributed by atoms with Crippen LogP contribution in [0.3, 0.4) is 0 Å². The van der Waals surface area contributed by atoms with Crippen LogP contribution >= 0.6 is 24.8 Å². The number of carbonyl (C=O) groups is 1. The number of morpholine rings is 1. The molecular weight excluding hydrogens is 409 g/mol. The summed E-state index contributed by atoms with van der Waals surface area (Å²) in [6.45, 7) is 11.2. The molecule has 3 fully saturated rings. The molecule has 4 atom stereocenters. The standard InChI is InChI=1S/C22H33N3O2.2ClH/c1-16-13-24(14-17(2)27-16)15-18-3-5-19(6-4-18)22(26)25-9-7-20-11-23-12-21(20)8-10-25;;/h3-6,16-17,20-21,23H,7-15H2,1-2H3;2*1H/t16?,17?,20-,21+;;. The normalized spacial score (nSPS) is 29.9. The van der Waals surface area contributed by atoms with E-state index in [1.807, 2.05) is 12.1 Å². The Balaban J connectivity index is 0.00000150. The van der Waals surface area contributed by atoms with Crippen molar-refractivity contribution in [2.75, 3.05) is 39.3 Å². The molecule has 1 aromatic carbocycles. The minimum atomic E-state index is 0. The van der Waals surface area contributed by atoms with Gasteiger partial charge in [-0.1, -0.05) is 12.1 Å². The van der Waals surface area contributed by atoms with E-state index in [9.17, 15) is 4.79 Å². The fraction of sp³-hybridized carbons (Fsp3) is 0.682. The maximum Gasteiger partial charge on any atom is 0.253 e. The predicted octanol–water partition coefficient (Wildman–Crippen LogP) is 3.21. The number of likely N-dealkylation sites (tertiary alicyclic amines) is 1. The van der Waals surface area contributed by atoms with Crippen LogP contribution in [0.25, 0.3) is 0 Å². The molecule has 164 valence electrons. The zero-order valence-electron chi connectivity index (χ0n) is 17.5. The Morgan fingerprint density at radius 2 is 1.55 bits per heavy atom. The van der Waals surface area contributed by atoms with Crippen molar-refractivity contribution in [3.05, 3.63) is 35.4 Å². The van der Waals surface area contributed by atoms with E-state index < -0.39 is 0 Å². The van der Waals surface area contributed by atoms with E-state index in [1.54, 1.807) is 0 Å². The second-order valence-corrected chi connectivity index (χ2v) is 8.70. The highest BCUT2D eigenvalue weighted by molar-refractivity contribution is 5.94.